The third-order valence-corrected chi connectivity index (χ3v) is 4.61. The summed E-state index contributed by atoms with van der Waals surface area (Å²) in [5, 5.41) is 19.0. The van der Waals surface area contributed by atoms with Gasteiger partial charge in [0, 0.05) is 0 Å². The molecule has 0 aromatic heterocycles. The standard InChI is InChI=1S/C23H24O2/c24-22-12-8-19(9-13-22)16-21(7-6-18-4-2-1-3-5-18)17-20-10-14-23(25)15-11-20/h1-5,8-15,21,24-25H,6-7,16-17H2. The van der Waals surface area contributed by atoms with E-state index < -0.39 is 0 Å². The maximum atomic E-state index is 9.48. The Morgan fingerprint density at radius 3 is 1.52 bits per heavy atom. The highest BCUT2D eigenvalue weighted by atomic mass is 16.3. The summed E-state index contributed by atoms with van der Waals surface area (Å²) in [5.41, 5.74) is 3.85. The van der Waals surface area contributed by atoms with Crippen molar-refractivity contribution in [3.05, 3.63) is 95.6 Å². The molecule has 0 aliphatic heterocycles. The average molecular weight is 332 g/mol. The third-order valence-electron chi connectivity index (χ3n) is 4.61. The van der Waals surface area contributed by atoms with Crippen molar-refractivity contribution in [1.29, 1.82) is 0 Å². The Labute approximate surface area is 149 Å². The molecule has 0 amide bonds. The fourth-order valence-corrected chi connectivity index (χ4v) is 3.22. The number of hydrogen-bond donors (Lipinski definition) is 2. The maximum Gasteiger partial charge on any atom is 0.115 e. The van der Waals surface area contributed by atoms with E-state index in [0.29, 0.717) is 17.4 Å². The zero-order valence-corrected chi connectivity index (χ0v) is 14.3. The van der Waals surface area contributed by atoms with Crippen molar-refractivity contribution in [2.45, 2.75) is 25.7 Å². The monoisotopic (exact) mass is 332 g/mol. The third kappa shape index (κ3) is 5.39. The van der Waals surface area contributed by atoms with Gasteiger partial charge < -0.3 is 10.2 Å². The number of aryl methyl sites for hydroxylation is 1. The van der Waals surface area contributed by atoms with E-state index in [4.69, 9.17) is 0 Å². The summed E-state index contributed by atoms with van der Waals surface area (Å²) in [7, 11) is 0. The van der Waals surface area contributed by atoms with Crippen LogP contribution in [0.15, 0.2) is 78.9 Å². The molecule has 2 nitrogen and oxygen atoms in total. The molecule has 2 N–H and O–H groups in total. The van der Waals surface area contributed by atoms with Gasteiger partial charge in [0.1, 0.15) is 11.5 Å². The Kier molecular flexibility index (Phi) is 5.73. The lowest BCUT2D eigenvalue weighted by Gasteiger charge is -2.18. The molecule has 128 valence electrons. The van der Waals surface area contributed by atoms with Gasteiger partial charge in [-0.15, -0.1) is 0 Å². The molecule has 0 atom stereocenters. The molecular weight excluding hydrogens is 308 g/mol. The van der Waals surface area contributed by atoms with Gasteiger partial charge >= 0.3 is 0 Å². The second-order valence-electron chi connectivity index (χ2n) is 6.63. The van der Waals surface area contributed by atoms with Crippen LogP contribution in [0.1, 0.15) is 23.1 Å². The van der Waals surface area contributed by atoms with E-state index in [1.807, 2.05) is 30.3 Å². The SMILES string of the molecule is Oc1ccc(CC(CCc2ccccc2)Cc2ccc(O)cc2)cc1. The molecular formula is C23H24O2. The molecule has 0 spiro atoms. The van der Waals surface area contributed by atoms with Crippen LogP contribution in [0.4, 0.5) is 0 Å². The topological polar surface area (TPSA) is 40.5 Å². The van der Waals surface area contributed by atoms with Crippen molar-refractivity contribution < 1.29 is 10.2 Å². The first-order valence-corrected chi connectivity index (χ1v) is 8.79. The molecule has 3 aromatic rings. The first-order valence-electron chi connectivity index (χ1n) is 8.79. The lowest BCUT2D eigenvalue weighted by Crippen LogP contribution is -2.10. The highest BCUT2D eigenvalue weighted by molar-refractivity contribution is 5.28. The number of hydrogen-bond acceptors (Lipinski definition) is 2. The Bertz CT molecular complexity index is 714. The number of phenolic OH excluding ortho intramolecular Hbond substituents is 2. The van der Waals surface area contributed by atoms with E-state index >= 15 is 0 Å². The molecule has 3 aromatic carbocycles. The van der Waals surface area contributed by atoms with Crippen molar-refractivity contribution in [3.63, 3.8) is 0 Å². The minimum atomic E-state index is 0.308. The minimum absolute atomic E-state index is 0.308. The fourth-order valence-electron chi connectivity index (χ4n) is 3.22. The minimum Gasteiger partial charge on any atom is -0.508 e. The number of rotatable bonds is 7. The Morgan fingerprint density at radius 2 is 1.04 bits per heavy atom. The van der Waals surface area contributed by atoms with Gasteiger partial charge in [0.05, 0.1) is 0 Å². The number of benzene rings is 3. The van der Waals surface area contributed by atoms with Gasteiger partial charge in [0.25, 0.3) is 0 Å². The maximum absolute atomic E-state index is 9.48. The largest absolute Gasteiger partial charge is 0.508 e. The summed E-state index contributed by atoms with van der Waals surface area (Å²) in [5.74, 6) is 1.13. The summed E-state index contributed by atoms with van der Waals surface area (Å²) in [4.78, 5) is 0. The Hall–Kier alpha value is -2.74. The molecule has 0 saturated heterocycles. The first-order chi connectivity index (χ1) is 12.2. The molecule has 0 bridgehead atoms. The second kappa shape index (κ2) is 8.39. The molecule has 0 fully saturated rings. The van der Waals surface area contributed by atoms with Gasteiger partial charge in [0.2, 0.25) is 0 Å². The van der Waals surface area contributed by atoms with Crippen LogP contribution < -0.4 is 0 Å². The molecule has 3 rings (SSSR count). The zero-order chi connectivity index (χ0) is 17.5. The predicted octanol–water partition coefficient (Wildman–Crippen LogP) is 5.13. The number of aromatic hydroxyl groups is 2. The molecule has 0 aliphatic carbocycles. The molecule has 2 heteroatoms. The lowest BCUT2D eigenvalue weighted by atomic mass is 9.87. The summed E-state index contributed by atoms with van der Waals surface area (Å²) in [6.07, 6.45) is 4.12. The molecule has 0 saturated carbocycles. The van der Waals surface area contributed by atoms with Crippen molar-refractivity contribution in [2.24, 2.45) is 5.92 Å². The molecule has 25 heavy (non-hydrogen) atoms. The second-order valence-corrected chi connectivity index (χ2v) is 6.63. The van der Waals surface area contributed by atoms with Crippen molar-refractivity contribution in [1.82, 2.24) is 0 Å². The number of phenols is 2. The average Bonchev–Trinajstić information content (AvgIpc) is 2.64. The molecule has 0 radical (unpaired) electrons. The van der Waals surface area contributed by atoms with Gasteiger partial charge in [-0.2, -0.15) is 0 Å². The van der Waals surface area contributed by atoms with Gasteiger partial charge in [-0.1, -0.05) is 54.6 Å². The van der Waals surface area contributed by atoms with Gasteiger partial charge in [-0.3, -0.25) is 0 Å². The lowest BCUT2D eigenvalue weighted by molar-refractivity contribution is 0.468. The van der Waals surface area contributed by atoms with E-state index in [0.717, 1.165) is 25.7 Å². The Morgan fingerprint density at radius 1 is 0.560 bits per heavy atom. The van der Waals surface area contributed by atoms with Crippen LogP contribution in [0.5, 0.6) is 11.5 Å². The summed E-state index contributed by atoms with van der Waals surface area (Å²) in [6.45, 7) is 0. The van der Waals surface area contributed by atoms with Crippen molar-refractivity contribution >= 4 is 0 Å². The van der Waals surface area contributed by atoms with Crippen LogP contribution in [0.25, 0.3) is 0 Å². The van der Waals surface area contributed by atoms with E-state index in [1.54, 1.807) is 24.3 Å². The van der Waals surface area contributed by atoms with Crippen LogP contribution >= 0.6 is 0 Å². The van der Waals surface area contributed by atoms with Gasteiger partial charge in [-0.25, -0.2) is 0 Å². The van der Waals surface area contributed by atoms with Crippen LogP contribution in [0.3, 0.4) is 0 Å². The zero-order valence-electron chi connectivity index (χ0n) is 14.3. The van der Waals surface area contributed by atoms with E-state index in [9.17, 15) is 10.2 Å². The normalized spacial score (nSPS) is 10.9. The van der Waals surface area contributed by atoms with Crippen LogP contribution in [0.2, 0.25) is 0 Å². The molecule has 0 unspecified atom stereocenters. The van der Waals surface area contributed by atoms with Crippen molar-refractivity contribution in [3.8, 4) is 11.5 Å². The van der Waals surface area contributed by atoms with Gasteiger partial charge in [0.15, 0.2) is 0 Å². The van der Waals surface area contributed by atoms with Crippen LogP contribution in [-0.2, 0) is 19.3 Å². The summed E-state index contributed by atoms with van der Waals surface area (Å²) >= 11 is 0. The quantitative estimate of drug-likeness (QED) is 0.629. The van der Waals surface area contributed by atoms with E-state index in [1.165, 1.54) is 16.7 Å². The summed E-state index contributed by atoms with van der Waals surface area (Å²) in [6, 6.07) is 25.6. The van der Waals surface area contributed by atoms with Crippen LogP contribution in [-0.4, -0.2) is 10.2 Å². The van der Waals surface area contributed by atoms with Crippen molar-refractivity contribution in [2.75, 3.05) is 0 Å². The first kappa shape index (κ1) is 17.1. The summed E-state index contributed by atoms with van der Waals surface area (Å²) < 4.78 is 0. The predicted molar refractivity (Wildman–Crippen MR) is 102 cm³/mol. The van der Waals surface area contributed by atoms with Gasteiger partial charge in [-0.05, 0) is 72.6 Å². The van der Waals surface area contributed by atoms with E-state index in [-0.39, 0.29) is 0 Å². The highest BCUT2D eigenvalue weighted by Gasteiger charge is 2.12. The smallest absolute Gasteiger partial charge is 0.115 e. The molecule has 0 heterocycles. The van der Waals surface area contributed by atoms with Crippen LogP contribution in [0, 0.1) is 5.92 Å². The highest BCUT2D eigenvalue weighted by Crippen LogP contribution is 2.22. The van der Waals surface area contributed by atoms with E-state index in [2.05, 4.69) is 24.3 Å². The molecule has 0 aliphatic rings. The fraction of sp³-hybridized carbons (Fsp3) is 0.217. The Balaban J connectivity index is 1.70.